The SMILES string of the molecule is N=C1c2cc(F)ccc2CN1C1CCCCC1. The number of nitrogens with zero attached hydrogens (tertiary/aromatic N) is 1. The second-order valence-corrected chi connectivity index (χ2v) is 5.07. The van der Waals surface area contributed by atoms with E-state index in [0.717, 1.165) is 17.7 Å². The summed E-state index contributed by atoms with van der Waals surface area (Å²) in [6, 6.07) is 5.31. The summed E-state index contributed by atoms with van der Waals surface area (Å²) in [5.74, 6) is 0.283. The Morgan fingerprint density at radius 3 is 2.71 bits per heavy atom. The van der Waals surface area contributed by atoms with E-state index >= 15 is 0 Å². The first kappa shape index (κ1) is 10.8. The van der Waals surface area contributed by atoms with Crippen LogP contribution < -0.4 is 0 Å². The van der Waals surface area contributed by atoms with Gasteiger partial charge < -0.3 is 4.90 Å². The van der Waals surface area contributed by atoms with E-state index in [0.29, 0.717) is 11.9 Å². The van der Waals surface area contributed by atoms with Crippen LogP contribution in [-0.2, 0) is 6.54 Å². The average molecular weight is 232 g/mol. The molecule has 2 nitrogen and oxygen atoms in total. The van der Waals surface area contributed by atoms with Crippen LogP contribution in [0.2, 0.25) is 0 Å². The molecular weight excluding hydrogens is 215 g/mol. The molecule has 0 unspecified atom stereocenters. The highest BCUT2D eigenvalue weighted by atomic mass is 19.1. The predicted molar refractivity (Wildman–Crippen MR) is 65.6 cm³/mol. The molecule has 2 aliphatic rings. The van der Waals surface area contributed by atoms with Gasteiger partial charge in [-0.1, -0.05) is 25.3 Å². The van der Waals surface area contributed by atoms with Crippen molar-refractivity contribution < 1.29 is 4.39 Å². The monoisotopic (exact) mass is 232 g/mol. The van der Waals surface area contributed by atoms with Gasteiger partial charge in [0.15, 0.2) is 0 Å². The van der Waals surface area contributed by atoms with E-state index in [1.165, 1.54) is 44.2 Å². The first-order chi connectivity index (χ1) is 8.25. The van der Waals surface area contributed by atoms with Crippen molar-refractivity contribution in [3.63, 3.8) is 0 Å². The van der Waals surface area contributed by atoms with Crippen molar-refractivity contribution in [2.45, 2.75) is 44.7 Å². The summed E-state index contributed by atoms with van der Waals surface area (Å²) in [4.78, 5) is 2.16. The molecule has 0 aromatic heterocycles. The molecule has 1 aromatic carbocycles. The molecule has 0 saturated heterocycles. The molecule has 3 rings (SSSR count). The maximum absolute atomic E-state index is 13.2. The van der Waals surface area contributed by atoms with Gasteiger partial charge >= 0.3 is 0 Å². The van der Waals surface area contributed by atoms with E-state index in [1.54, 1.807) is 0 Å². The second kappa shape index (κ2) is 4.13. The maximum Gasteiger partial charge on any atom is 0.129 e. The Bertz CT molecular complexity index is 450. The highest BCUT2D eigenvalue weighted by Gasteiger charge is 2.30. The lowest BCUT2D eigenvalue weighted by molar-refractivity contribution is 0.244. The van der Waals surface area contributed by atoms with Crippen molar-refractivity contribution in [3.8, 4) is 0 Å². The number of nitrogens with one attached hydrogen (secondary N) is 1. The van der Waals surface area contributed by atoms with Gasteiger partial charge in [-0.05, 0) is 30.5 Å². The van der Waals surface area contributed by atoms with Crippen molar-refractivity contribution >= 4 is 5.84 Å². The molecule has 0 radical (unpaired) electrons. The molecule has 90 valence electrons. The lowest BCUT2D eigenvalue weighted by atomic mass is 9.94. The van der Waals surface area contributed by atoms with Crippen molar-refractivity contribution in [3.05, 3.63) is 35.1 Å². The third-order valence-corrected chi connectivity index (χ3v) is 3.97. The van der Waals surface area contributed by atoms with Crippen LogP contribution in [0, 0.1) is 11.2 Å². The van der Waals surface area contributed by atoms with Gasteiger partial charge in [0, 0.05) is 18.2 Å². The highest BCUT2D eigenvalue weighted by Crippen LogP contribution is 2.31. The van der Waals surface area contributed by atoms with E-state index in [1.807, 2.05) is 6.07 Å². The maximum atomic E-state index is 13.2. The first-order valence-corrected chi connectivity index (χ1v) is 6.40. The Morgan fingerprint density at radius 1 is 1.18 bits per heavy atom. The summed E-state index contributed by atoms with van der Waals surface area (Å²) in [5, 5.41) is 8.18. The van der Waals surface area contributed by atoms with Crippen LogP contribution in [0.1, 0.15) is 43.2 Å². The minimum Gasteiger partial charge on any atom is -0.349 e. The molecule has 1 aliphatic carbocycles. The molecule has 1 aliphatic heterocycles. The molecular formula is C14H17FN2. The standard InChI is InChI=1S/C14H17FN2/c15-11-7-6-10-9-17(14(16)13(10)8-11)12-4-2-1-3-5-12/h6-8,12,16H,1-5,9H2. The Hall–Kier alpha value is -1.38. The normalized spacial score (nSPS) is 20.8. The van der Waals surface area contributed by atoms with Crippen LogP contribution in [0.3, 0.4) is 0 Å². The van der Waals surface area contributed by atoms with Crippen LogP contribution in [0.15, 0.2) is 18.2 Å². The zero-order valence-corrected chi connectivity index (χ0v) is 9.88. The van der Waals surface area contributed by atoms with Crippen molar-refractivity contribution in [2.75, 3.05) is 0 Å². The predicted octanol–water partition coefficient (Wildman–Crippen LogP) is 3.30. The molecule has 1 saturated carbocycles. The quantitative estimate of drug-likeness (QED) is 0.790. The molecule has 1 N–H and O–H groups in total. The molecule has 0 amide bonds. The largest absolute Gasteiger partial charge is 0.349 e. The Balaban J connectivity index is 1.85. The lowest BCUT2D eigenvalue weighted by Crippen LogP contribution is -2.36. The van der Waals surface area contributed by atoms with Crippen LogP contribution in [0.25, 0.3) is 0 Å². The summed E-state index contributed by atoms with van der Waals surface area (Å²) < 4.78 is 13.2. The summed E-state index contributed by atoms with van der Waals surface area (Å²) in [6.07, 6.45) is 6.20. The van der Waals surface area contributed by atoms with Gasteiger partial charge in [0.1, 0.15) is 11.7 Å². The Kier molecular flexibility index (Phi) is 2.61. The minimum atomic E-state index is -0.237. The molecule has 1 aromatic rings. The molecule has 1 heterocycles. The minimum absolute atomic E-state index is 0.237. The summed E-state index contributed by atoms with van der Waals surface area (Å²) in [5.41, 5.74) is 1.89. The van der Waals surface area contributed by atoms with Crippen LogP contribution in [0.4, 0.5) is 4.39 Å². The molecule has 17 heavy (non-hydrogen) atoms. The van der Waals surface area contributed by atoms with Crippen molar-refractivity contribution in [2.24, 2.45) is 0 Å². The van der Waals surface area contributed by atoms with Gasteiger partial charge in [0.05, 0.1) is 0 Å². The molecule has 3 heteroatoms. The van der Waals surface area contributed by atoms with Gasteiger partial charge in [-0.25, -0.2) is 4.39 Å². The van der Waals surface area contributed by atoms with E-state index in [4.69, 9.17) is 5.41 Å². The van der Waals surface area contributed by atoms with E-state index in [9.17, 15) is 4.39 Å². The topological polar surface area (TPSA) is 27.1 Å². The van der Waals surface area contributed by atoms with E-state index in [2.05, 4.69) is 4.90 Å². The first-order valence-electron chi connectivity index (χ1n) is 6.40. The number of hydrogen-bond acceptors (Lipinski definition) is 1. The average Bonchev–Trinajstić information content (AvgIpc) is 2.68. The third-order valence-electron chi connectivity index (χ3n) is 3.97. The number of amidine groups is 1. The van der Waals surface area contributed by atoms with Gasteiger partial charge in [0.2, 0.25) is 0 Å². The van der Waals surface area contributed by atoms with Gasteiger partial charge in [-0.3, -0.25) is 5.41 Å². The van der Waals surface area contributed by atoms with Gasteiger partial charge in [-0.2, -0.15) is 0 Å². The zero-order chi connectivity index (χ0) is 11.8. The highest BCUT2D eigenvalue weighted by molar-refractivity contribution is 6.00. The zero-order valence-electron chi connectivity index (χ0n) is 9.88. The smallest absolute Gasteiger partial charge is 0.129 e. The van der Waals surface area contributed by atoms with Gasteiger partial charge in [0.25, 0.3) is 0 Å². The van der Waals surface area contributed by atoms with Crippen molar-refractivity contribution in [1.29, 1.82) is 5.41 Å². The fraction of sp³-hybridized carbons (Fsp3) is 0.500. The number of benzene rings is 1. The third kappa shape index (κ3) is 1.84. The van der Waals surface area contributed by atoms with Gasteiger partial charge in [-0.15, -0.1) is 0 Å². The van der Waals surface area contributed by atoms with Crippen LogP contribution in [0.5, 0.6) is 0 Å². The molecule has 1 fully saturated rings. The van der Waals surface area contributed by atoms with E-state index in [-0.39, 0.29) is 5.82 Å². The molecule has 0 spiro atoms. The fourth-order valence-corrected chi connectivity index (χ4v) is 3.03. The summed E-state index contributed by atoms with van der Waals surface area (Å²) in [7, 11) is 0. The summed E-state index contributed by atoms with van der Waals surface area (Å²) >= 11 is 0. The van der Waals surface area contributed by atoms with Crippen molar-refractivity contribution in [1.82, 2.24) is 4.90 Å². The second-order valence-electron chi connectivity index (χ2n) is 5.07. The number of rotatable bonds is 1. The molecule has 0 atom stereocenters. The summed E-state index contributed by atoms with van der Waals surface area (Å²) in [6.45, 7) is 0.791. The number of fused-ring (bicyclic) bond motifs is 1. The number of hydrogen-bond donors (Lipinski definition) is 1. The lowest BCUT2D eigenvalue weighted by Gasteiger charge is -2.32. The van der Waals surface area contributed by atoms with Crippen LogP contribution in [-0.4, -0.2) is 16.8 Å². The van der Waals surface area contributed by atoms with E-state index < -0.39 is 0 Å². The fourth-order valence-electron chi connectivity index (χ4n) is 3.03. The Morgan fingerprint density at radius 2 is 1.94 bits per heavy atom. The Labute approximate surface area is 101 Å². The number of halogens is 1. The van der Waals surface area contributed by atoms with Crippen LogP contribution >= 0.6 is 0 Å². The molecule has 0 bridgehead atoms.